The van der Waals surface area contributed by atoms with Gasteiger partial charge in [0.15, 0.2) is 0 Å². The van der Waals surface area contributed by atoms with Crippen molar-refractivity contribution < 1.29 is 0 Å². The molecule has 2 aromatic rings. The number of hydrogen-bond acceptors (Lipinski definition) is 1. The lowest BCUT2D eigenvalue weighted by atomic mass is 10.2. The van der Waals surface area contributed by atoms with Gasteiger partial charge in [-0.05, 0) is 13.1 Å². The molecule has 2 rings (SSSR count). The van der Waals surface area contributed by atoms with Gasteiger partial charge in [-0.3, -0.25) is 0 Å². The van der Waals surface area contributed by atoms with E-state index in [9.17, 15) is 0 Å². The van der Waals surface area contributed by atoms with Gasteiger partial charge in [0.25, 0.3) is 0 Å². The summed E-state index contributed by atoms with van der Waals surface area (Å²) in [6.07, 6.45) is 1.99. The second kappa shape index (κ2) is 4.03. The number of nitrogens with one attached hydrogen (secondary N) is 1. The number of aromatic nitrogens is 1. The van der Waals surface area contributed by atoms with Gasteiger partial charge >= 0.3 is 0 Å². The van der Waals surface area contributed by atoms with Crippen molar-refractivity contribution in [3.63, 3.8) is 0 Å². The maximum Gasteiger partial charge on any atom is 0.0661 e. The van der Waals surface area contributed by atoms with Crippen molar-refractivity contribution in [2.24, 2.45) is 0 Å². The van der Waals surface area contributed by atoms with E-state index in [0.717, 1.165) is 23.5 Å². The number of para-hydroxylation sites is 1. The minimum Gasteiger partial charge on any atom is -0.345 e. The molecule has 1 N–H and O–H groups in total. The summed E-state index contributed by atoms with van der Waals surface area (Å²) in [6, 6.07) is 8.19. The topological polar surface area (TPSA) is 17.0 Å². The molecule has 14 heavy (non-hydrogen) atoms. The molecule has 0 aliphatic carbocycles. The van der Waals surface area contributed by atoms with Crippen molar-refractivity contribution in [2.75, 3.05) is 13.6 Å². The SMILES string of the molecule is CNCCn1cc(Cl)c2ccccc21. The Balaban J connectivity index is 2.44. The van der Waals surface area contributed by atoms with Gasteiger partial charge in [0.1, 0.15) is 0 Å². The Morgan fingerprint density at radius 2 is 2.14 bits per heavy atom. The monoisotopic (exact) mass is 208 g/mol. The number of fused-ring (bicyclic) bond motifs is 1. The van der Waals surface area contributed by atoms with Gasteiger partial charge in [-0.15, -0.1) is 0 Å². The number of halogens is 1. The van der Waals surface area contributed by atoms with Crippen molar-refractivity contribution in [3.05, 3.63) is 35.5 Å². The van der Waals surface area contributed by atoms with Crippen LogP contribution in [0.15, 0.2) is 30.5 Å². The lowest BCUT2D eigenvalue weighted by Gasteiger charge is -2.03. The lowest BCUT2D eigenvalue weighted by Crippen LogP contribution is -2.14. The maximum absolute atomic E-state index is 6.12. The van der Waals surface area contributed by atoms with Crippen LogP contribution in [0.4, 0.5) is 0 Å². The van der Waals surface area contributed by atoms with Crippen LogP contribution in [0.2, 0.25) is 5.02 Å². The van der Waals surface area contributed by atoms with E-state index in [4.69, 9.17) is 11.6 Å². The summed E-state index contributed by atoms with van der Waals surface area (Å²) in [6.45, 7) is 1.90. The second-order valence-corrected chi connectivity index (χ2v) is 3.70. The predicted octanol–water partition coefficient (Wildman–Crippen LogP) is 2.51. The third kappa shape index (κ3) is 1.63. The third-order valence-electron chi connectivity index (χ3n) is 2.34. The van der Waals surface area contributed by atoms with Crippen LogP contribution in [0.25, 0.3) is 10.9 Å². The molecule has 0 atom stereocenters. The highest BCUT2D eigenvalue weighted by Gasteiger charge is 2.04. The molecule has 0 spiro atoms. The molecule has 0 amide bonds. The summed E-state index contributed by atoms with van der Waals surface area (Å²) in [5, 5.41) is 5.09. The number of hydrogen-bond donors (Lipinski definition) is 1. The van der Waals surface area contributed by atoms with Gasteiger partial charge in [0.05, 0.1) is 5.02 Å². The Bertz CT molecular complexity index is 434. The summed E-state index contributed by atoms with van der Waals surface area (Å²) < 4.78 is 2.17. The highest BCUT2D eigenvalue weighted by atomic mass is 35.5. The standard InChI is InChI=1S/C11H13ClN2/c1-13-6-7-14-8-10(12)9-4-2-3-5-11(9)14/h2-5,8,13H,6-7H2,1H3. The van der Waals surface area contributed by atoms with Gasteiger partial charge in [0.2, 0.25) is 0 Å². The van der Waals surface area contributed by atoms with Crippen molar-refractivity contribution in [2.45, 2.75) is 6.54 Å². The van der Waals surface area contributed by atoms with Crippen LogP contribution >= 0.6 is 11.6 Å². The summed E-state index contributed by atoms with van der Waals surface area (Å²) in [7, 11) is 1.95. The molecule has 74 valence electrons. The first-order valence-electron chi connectivity index (χ1n) is 4.71. The first kappa shape index (κ1) is 9.56. The smallest absolute Gasteiger partial charge is 0.0661 e. The highest BCUT2D eigenvalue weighted by Crippen LogP contribution is 2.24. The van der Waals surface area contributed by atoms with Gasteiger partial charge < -0.3 is 9.88 Å². The number of rotatable bonds is 3. The van der Waals surface area contributed by atoms with Crippen molar-refractivity contribution in [1.82, 2.24) is 9.88 Å². The normalized spacial score (nSPS) is 11.0. The van der Waals surface area contributed by atoms with Crippen LogP contribution in [0.5, 0.6) is 0 Å². The fourth-order valence-electron chi connectivity index (χ4n) is 1.62. The average molecular weight is 209 g/mol. The van der Waals surface area contributed by atoms with Crippen LogP contribution in [-0.4, -0.2) is 18.2 Å². The zero-order chi connectivity index (χ0) is 9.97. The molecular formula is C11H13ClN2. The van der Waals surface area contributed by atoms with Crippen molar-refractivity contribution in [1.29, 1.82) is 0 Å². The summed E-state index contributed by atoms with van der Waals surface area (Å²) in [4.78, 5) is 0. The van der Waals surface area contributed by atoms with E-state index >= 15 is 0 Å². The van der Waals surface area contributed by atoms with E-state index in [0.29, 0.717) is 0 Å². The molecule has 3 heteroatoms. The quantitative estimate of drug-likeness (QED) is 0.820. The van der Waals surface area contributed by atoms with Gasteiger partial charge in [-0.2, -0.15) is 0 Å². The molecule has 0 aliphatic heterocycles. The zero-order valence-electron chi connectivity index (χ0n) is 8.13. The molecule has 0 aliphatic rings. The minimum absolute atomic E-state index is 0.830. The molecule has 1 aromatic carbocycles. The van der Waals surface area contributed by atoms with Crippen LogP contribution in [0.3, 0.4) is 0 Å². The van der Waals surface area contributed by atoms with Crippen LogP contribution < -0.4 is 5.32 Å². The van der Waals surface area contributed by atoms with Crippen molar-refractivity contribution >= 4 is 22.5 Å². The van der Waals surface area contributed by atoms with E-state index in [1.54, 1.807) is 0 Å². The first-order chi connectivity index (χ1) is 6.83. The fourth-order valence-corrected chi connectivity index (χ4v) is 1.90. The second-order valence-electron chi connectivity index (χ2n) is 3.29. The first-order valence-corrected chi connectivity index (χ1v) is 5.08. The molecule has 0 fully saturated rings. The summed E-state index contributed by atoms with van der Waals surface area (Å²) >= 11 is 6.12. The van der Waals surface area contributed by atoms with Gasteiger partial charge in [0, 0.05) is 30.2 Å². The van der Waals surface area contributed by atoms with Gasteiger partial charge in [-0.1, -0.05) is 29.8 Å². The molecule has 0 saturated heterocycles. The predicted molar refractivity (Wildman–Crippen MR) is 60.9 cm³/mol. The van der Waals surface area contributed by atoms with Crippen LogP contribution in [0.1, 0.15) is 0 Å². The molecule has 1 heterocycles. The number of nitrogens with zero attached hydrogens (tertiary/aromatic N) is 1. The molecule has 1 aromatic heterocycles. The molecule has 0 radical (unpaired) electrons. The molecule has 0 bridgehead atoms. The van der Waals surface area contributed by atoms with E-state index in [1.165, 1.54) is 5.52 Å². The number of benzene rings is 1. The van der Waals surface area contributed by atoms with E-state index in [-0.39, 0.29) is 0 Å². The Labute approximate surface area is 88.5 Å². The summed E-state index contributed by atoms with van der Waals surface area (Å²) in [5.41, 5.74) is 1.20. The van der Waals surface area contributed by atoms with E-state index in [1.807, 2.05) is 31.4 Å². The van der Waals surface area contributed by atoms with E-state index < -0.39 is 0 Å². The Kier molecular flexibility index (Phi) is 2.75. The molecule has 0 saturated carbocycles. The highest BCUT2D eigenvalue weighted by molar-refractivity contribution is 6.35. The molecule has 0 unspecified atom stereocenters. The largest absolute Gasteiger partial charge is 0.345 e. The summed E-state index contributed by atoms with van der Waals surface area (Å²) in [5.74, 6) is 0. The minimum atomic E-state index is 0.830. The van der Waals surface area contributed by atoms with Crippen LogP contribution in [0, 0.1) is 0 Å². The van der Waals surface area contributed by atoms with E-state index in [2.05, 4.69) is 16.0 Å². The average Bonchev–Trinajstić information content (AvgIpc) is 2.54. The molecular weight excluding hydrogens is 196 g/mol. The van der Waals surface area contributed by atoms with Crippen molar-refractivity contribution in [3.8, 4) is 0 Å². The fraction of sp³-hybridized carbons (Fsp3) is 0.273. The molecule has 2 nitrogen and oxygen atoms in total. The van der Waals surface area contributed by atoms with Gasteiger partial charge in [-0.25, -0.2) is 0 Å². The Morgan fingerprint density at radius 1 is 1.36 bits per heavy atom. The van der Waals surface area contributed by atoms with Crippen LogP contribution in [-0.2, 0) is 6.54 Å². The third-order valence-corrected chi connectivity index (χ3v) is 2.64. The Hall–Kier alpha value is -0.990. The maximum atomic E-state index is 6.12. The Morgan fingerprint density at radius 3 is 2.93 bits per heavy atom. The zero-order valence-corrected chi connectivity index (χ0v) is 8.88. The number of likely N-dealkylation sites (N-methyl/N-ethyl adjacent to an activating group) is 1. The lowest BCUT2D eigenvalue weighted by molar-refractivity contribution is 0.662.